The molecule has 0 heterocycles. The number of ether oxygens (including phenoxy) is 3. The van der Waals surface area contributed by atoms with E-state index in [9.17, 15) is 0 Å². The van der Waals surface area contributed by atoms with Crippen molar-refractivity contribution in [2.45, 2.75) is 13.8 Å². The van der Waals surface area contributed by atoms with Crippen LogP contribution in [0.25, 0.3) is 0 Å². The lowest BCUT2D eigenvalue weighted by Gasteiger charge is -2.11. The van der Waals surface area contributed by atoms with Crippen LogP contribution in [0.4, 0.5) is 5.69 Å². The molecular formula is C24H27NO3. The Hall–Kier alpha value is -3.14. The van der Waals surface area contributed by atoms with Crippen LogP contribution in [0.2, 0.25) is 0 Å². The van der Waals surface area contributed by atoms with Gasteiger partial charge in [-0.3, -0.25) is 0 Å². The lowest BCUT2D eigenvalue weighted by Crippen LogP contribution is -2.11. The standard InChI is InChI=1S/C24H27NO3/c1-19-16-20(2)18-24(17-19)26-13-12-25-21-8-10-23(11-9-21)28-15-14-27-22-6-4-3-5-7-22/h3-11,16-18,25H,12-15H2,1-2H3. The Labute approximate surface area is 167 Å². The second kappa shape index (κ2) is 10.3. The Morgan fingerprint density at radius 3 is 1.82 bits per heavy atom. The maximum absolute atomic E-state index is 5.81. The number of nitrogens with one attached hydrogen (secondary N) is 1. The average molecular weight is 377 g/mol. The zero-order chi connectivity index (χ0) is 19.6. The summed E-state index contributed by atoms with van der Waals surface area (Å²) in [4.78, 5) is 0. The molecule has 0 aliphatic heterocycles. The van der Waals surface area contributed by atoms with E-state index in [1.807, 2.05) is 54.6 Å². The normalized spacial score (nSPS) is 10.4. The van der Waals surface area contributed by atoms with Gasteiger partial charge in [0.15, 0.2) is 0 Å². The zero-order valence-electron chi connectivity index (χ0n) is 16.5. The summed E-state index contributed by atoms with van der Waals surface area (Å²) in [7, 11) is 0. The van der Waals surface area contributed by atoms with Crippen molar-refractivity contribution in [1.29, 1.82) is 0 Å². The van der Waals surface area contributed by atoms with Gasteiger partial charge in [-0.2, -0.15) is 0 Å². The Morgan fingerprint density at radius 2 is 1.18 bits per heavy atom. The highest BCUT2D eigenvalue weighted by Crippen LogP contribution is 2.17. The van der Waals surface area contributed by atoms with Crippen LogP contribution < -0.4 is 19.5 Å². The van der Waals surface area contributed by atoms with Crippen molar-refractivity contribution < 1.29 is 14.2 Å². The molecule has 0 aliphatic carbocycles. The molecule has 3 aromatic rings. The fraction of sp³-hybridized carbons (Fsp3) is 0.250. The van der Waals surface area contributed by atoms with Gasteiger partial charge in [0.25, 0.3) is 0 Å². The molecule has 28 heavy (non-hydrogen) atoms. The van der Waals surface area contributed by atoms with Crippen molar-refractivity contribution in [1.82, 2.24) is 0 Å². The van der Waals surface area contributed by atoms with E-state index in [1.165, 1.54) is 11.1 Å². The maximum atomic E-state index is 5.81. The lowest BCUT2D eigenvalue weighted by atomic mass is 10.1. The molecule has 0 aliphatic rings. The first-order valence-electron chi connectivity index (χ1n) is 9.55. The van der Waals surface area contributed by atoms with Crippen LogP contribution in [0.5, 0.6) is 17.2 Å². The van der Waals surface area contributed by atoms with Gasteiger partial charge in [-0.25, -0.2) is 0 Å². The van der Waals surface area contributed by atoms with Gasteiger partial charge >= 0.3 is 0 Å². The largest absolute Gasteiger partial charge is 0.492 e. The molecular weight excluding hydrogens is 350 g/mol. The first kappa shape index (κ1) is 19.6. The van der Waals surface area contributed by atoms with Gasteiger partial charge in [0.2, 0.25) is 0 Å². The molecule has 0 unspecified atom stereocenters. The van der Waals surface area contributed by atoms with Gasteiger partial charge in [0, 0.05) is 12.2 Å². The summed E-state index contributed by atoms with van der Waals surface area (Å²) in [6, 6.07) is 23.9. The molecule has 0 saturated heterocycles. The molecule has 0 atom stereocenters. The zero-order valence-corrected chi connectivity index (χ0v) is 16.5. The number of aryl methyl sites for hydroxylation is 2. The quantitative estimate of drug-likeness (QED) is 0.490. The average Bonchev–Trinajstić information content (AvgIpc) is 2.70. The molecule has 0 amide bonds. The summed E-state index contributed by atoms with van der Waals surface area (Å²) < 4.78 is 17.1. The number of para-hydroxylation sites is 1. The van der Waals surface area contributed by atoms with E-state index in [4.69, 9.17) is 14.2 Å². The van der Waals surface area contributed by atoms with Crippen molar-refractivity contribution >= 4 is 5.69 Å². The van der Waals surface area contributed by atoms with Crippen molar-refractivity contribution in [3.63, 3.8) is 0 Å². The van der Waals surface area contributed by atoms with E-state index >= 15 is 0 Å². The van der Waals surface area contributed by atoms with Gasteiger partial charge < -0.3 is 19.5 Å². The molecule has 4 heteroatoms. The highest BCUT2D eigenvalue weighted by Gasteiger charge is 1.99. The third-order valence-electron chi connectivity index (χ3n) is 4.11. The third kappa shape index (κ3) is 6.54. The Balaban J connectivity index is 1.33. The van der Waals surface area contributed by atoms with E-state index in [0.29, 0.717) is 19.8 Å². The number of hydrogen-bond acceptors (Lipinski definition) is 4. The number of rotatable bonds is 10. The smallest absolute Gasteiger partial charge is 0.122 e. The van der Waals surface area contributed by atoms with E-state index in [2.05, 4.69) is 37.4 Å². The fourth-order valence-corrected chi connectivity index (χ4v) is 2.89. The summed E-state index contributed by atoms with van der Waals surface area (Å²) in [5, 5.41) is 3.35. The van der Waals surface area contributed by atoms with Crippen molar-refractivity contribution in [3.05, 3.63) is 83.9 Å². The van der Waals surface area contributed by atoms with Crippen molar-refractivity contribution in [2.24, 2.45) is 0 Å². The van der Waals surface area contributed by atoms with Crippen LogP contribution in [0.1, 0.15) is 11.1 Å². The van der Waals surface area contributed by atoms with Gasteiger partial charge in [-0.15, -0.1) is 0 Å². The Bertz CT molecular complexity index is 827. The van der Waals surface area contributed by atoms with Crippen LogP contribution in [0, 0.1) is 13.8 Å². The molecule has 0 saturated carbocycles. The van der Waals surface area contributed by atoms with E-state index in [0.717, 1.165) is 29.5 Å². The van der Waals surface area contributed by atoms with Gasteiger partial charge in [0.1, 0.15) is 37.1 Å². The molecule has 0 spiro atoms. The minimum Gasteiger partial charge on any atom is -0.492 e. The highest BCUT2D eigenvalue weighted by molar-refractivity contribution is 5.46. The van der Waals surface area contributed by atoms with Gasteiger partial charge in [-0.05, 0) is 73.5 Å². The maximum Gasteiger partial charge on any atom is 0.122 e. The monoisotopic (exact) mass is 377 g/mol. The Morgan fingerprint density at radius 1 is 0.607 bits per heavy atom. The molecule has 1 N–H and O–H groups in total. The highest BCUT2D eigenvalue weighted by atomic mass is 16.5. The topological polar surface area (TPSA) is 39.7 Å². The predicted octanol–water partition coefficient (Wildman–Crippen LogP) is 5.25. The molecule has 3 aromatic carbocycles. The van der Waals surface area contributed by atoms with E-state index < -0.39 is 0 Å². The summed E-state index contributed by atoms with van der Waals surface area (Å²) in [6.07, 6.45) is 0. The Kier molecular flexibility index (Phi) is 7.19. The first-order chi connectivity index (χ1) is 13.7. The van der Waals surface area contributed by atoms with E-state index in [1.54, 1.807) is 0 Å². The summed E-state index contributed by atoms with van der Waals surface area (Å²) >= 11 is 0. The second-order valence-electron chi connectivity index (χ2n) is 6.63. The number of hydrogen-bond donors (Lipinski definition) is 1. The van der Waals surface area contributed by atoms with Gasteiger partial charge in [-0.1, -0.05) is 24.3 Å². The second-order valence-corrected chi connectivity index (χ2v) is 6.63. The molecule has 146 valence electrons. The molecule has 0 radical (unpaired) electrons. The number of anilines is 1. The van der Waals surface area contributed by atoms with Crippen LogP contribution in [0.15, 0.2) is 72.8 Å². The lowest BCUT2D eigenvalue weighted by molar-refractivity contribution is 0.217. The summed E-state index contributed by atoms with van der Waals surface area (Å²) in [6.45, 7) is 6.52. The van der Waals surface area contributed by atoms with Crippen molar-refractivity contribution in [3.8, 4) is 17.2 Å². The minimum atomic E-state index is 0.505. The molecule has 0 aromatic heterocycles. The summed E-state index contributed by atoms with van der Waals surface area (Å²) in [5.74, 6) is 2.60. The SMILES string of the molecule is Cc1cc(C)cc(OCCNc2ccc(OCCOc3ccccc3)cc2)c1. The van der Waals surface area contributed by atoms with Crippen LogP contribution >= 0.6 is 0 Å². The first-order valence-corrected chi connectivity index (χ1v) is 9.55. The van der Waals surface area contributed by atoms with Gasteiger partial charge in [0.05, 0.1) is 0 Å². The molecule has 0 bridgehead atoms. The molecule has 4 nitrogen and oxygen atoms in total. The third-order valence-corrected chi connectivity index (χ3v) is 4.11. The van der Waals surface area contributed by atoms with Crippen LogP contribution in [-0.4, -0.2) is 26.4 Å². The summed E-state index contributed by atoms with van der Waals surface area (Å²) in [5.41, 5.74) is 3.47. The minimum absolute atomic E-state index is 0.505. The van der Waals surface area contributed by atoms with Crippen molar-refractivity contribution in [2.75, 3.05) is 31.7 Å². The predicted molar refractivity (Wildman–Crippen MR) is 114 cm³/mol. The fourth-order valence-electron chi connectivity index (χ4n) is 2.89. The van der Waals surface area contributed by atoms with Crippen LogP contribution in [0.3, 0.4) is 0 Å². The van der Waals surface area contributed by atoms with E-state index in [-0.39, 0.29) is 0 Å². The molecule has 3 rings (SSSR count). The number of benzene rings is 3. The molecule has 0 fully saturated rings. The van der Waals surface area contributed by atoms with Crippen LogP contribution in [-0.2, 0) is 0 Å².